The normalized spacial score (nSPS) is 15.0. The highest BCUT2D eigenvalue weighted by molar-refractivity contribution is 5.71. The minimum absolute atomic E-state index is 0.118. The van der Waals surface area contributed by atoms with Gasteiger partial charge < -0.3 is 0 Å². The topological polar surface area (TPSA) is 0 Å². The molecule has 0 aliphatic heterocycles. The molecule has 0 amide bonds. The van der Waals surface area contributed by atoms with Gasteiger partial charge in [-0.3, -0.25) is 0 Å². The molecular weight excluding hydrogens is 1270 g/mol. The van der Waals surface area contributed by atoms with Gasteiger partial charge in [-0.1, -0.05) is 462 Å². The molecule has 1 aliphatic carbocycles. The number of hydrogen-bond acceptors (Lipinski definition) is 0. The van der Waals surface area contributed by atoms with Crippen LogP contribution in [0.2, 0.25) is 0 Å². The van der Waals surface area contributed by atoms with Crippen molar-refractivity contribution in [3.05, 3.63) is 235 Å². The molecule has 106 heavy (non-hydrogen) atoms. The summed E-state index contributed by atoms with van der Waals surface area (Å²) in [5, 5.41) is 0. The zero-order valence-corrected chi connectivity index (χ0v) is 77.2. The fourth-order valence-corrected chi connectivity index (χ4v) is 13.9. The van der Waals surface area contributed by atoms with Gasteiger partial charge in [0.25, 0.3) is 0 Å². The predicted molar refractivity (Wildman–Crippen MR) is 481 cm³/mol. The van der Waals surface area contributed by atoms with E-state index in [9.17, 15) is 0 Å². The monoisotopic (exact) mass is 1440 g/mol. The van der Waals surface area contributed by atoms with Crippen molar-refractivity contribution in [2.24, 2.45) is 10.8 Å². The molecule has 0 radical (unpaired) electrons. The summed E-state index contributed by atoms with van der Waals surface area (Å²) in [5.74, 6) is -0.311. The molecule has 0 bridgehead atoms. The van der Waals surface area contributed by atoms with Gasteiger partial charge in [-0.15, -0.1) is 0 Å². The van der Waals surface area contributed by atoms with Gasteiger partial charge >= 0.3 is 0 Å². The van der Waals surface area contributed by atoms with Gasteiger partial charge in [-0.05, 0) is 202 Å². The lowest BCUT2D eigenvalue weighted by Gasteiger charge is -2.38. The largest absolute Gasteiger partial charge is 0.0622 e. The van der Waals surface area contributed by atoms with Crippen molar-refractivity contribution in [1.82, 2.24) is 0 Å². The average molecular weight is 1440 g/mol. The van der Waals surface area contributed by atoms with Crippen LogP contribution in [0, 0.1) is 10.8 Å². The molecule has 0 N–H and O–H groups in total. The summed E-state index contributed by atoms with van der Waals surface area (Å²) < 4.78 is 25.0. The Morgan fingerprint density at radius 3 is 0.934 bits per heavy atom. The highest BCUT2D eigenvalue weighted by Crippen LogP contribution is 2.45. The minimum Gasteiger partial charge on any atom is -0.0622 e. The Labute approximate surface area is 663 Å². The number of hydrogen-bond donors (Lipinski definition) is 0. The number of benzene rings is 7. The molecule has 0 heteroatoms. The predicted octanol–water partition coefficient (Wildman–Crippen LogP) is 32.6. The summed E-state index contributed by atoms with van der Waals surface area (Å²) in [6, 6.07) is 55.2. The van der Waals surface area contributed by atoms with E-state index in [2.05, 4.69) is 397 Å². The summed E-state index contributed by atoms with van der Waals surface area (Å²) in [6.07, 6.45) is 5.64. The van der Waals surface area contributed by atoms with Crippen LogP contribution < -0.4 is 0 Å². The maximum absolute atomic E-state index is 8.59. The van der Waals surface area contributed by atoms with E-state index in [1.165, 1.54) is 103 Å². The second kappa shape index (κ2) is 35.7. The Kier molecular flexibility index (Phi) is 30.1. The SMILES string of the molecule is CC(C)(C)Cc1ccc(C(C)(C)C)cc1.CC(C)(C)c1cc(C(C)(C)C)c(C(C)(C)C)c(C(C)(C)C)c1.CC(C)(C)c1ccc(C(C)(C)C)c(C(C)(C)C)c1.CC(C)(C)c1cccc(-c2ccccc2)c1C(C)(C)C.[2H]C([2H])(c1ccc(C(C)(C)C)cc1)C(C)(C)C.[2H]C1(c2ccc(C(C)(C)C)cc2)CCCCC1. The van der Waals surface area contributed by atoms with Crippen molar-refractivity contribution in [3.8, 4) is 11.1 Å². The van der Waals surface area contributed by atoms with Crippen LogP contribution in [0.4, 0.5) is 0 Å². The molecule has 7 aromatic rings. The van der Waals surface area contributed by atoms with Crippen molar-refractivity contribution in [3.63, 3.8) is 0 Å². The van der Waals surface area contributed by atoms with E-state index in [1.807, 2.05) is 45.0 Å². The zero-order valence-electron chi connectivity index (χ0n) is 80.2. The Morgan fingerprint density at radius 2 is 0.604 bits per heavy atom. The van der Waals surface area contributed by atoms with Crippen LogP contribution in [0.3, 0.4) is 0 Å². The van der Waals surface area contributed by atoms with Crippen LogP contribution in [0.15, 0.2) is 152 Å². The van der Waals surface area contributed by atoms with Crippen LogP contribution in [0.1, 0.15) is 416 Å². The first-order valence-corrected chi connectivity index (χ1v) is 40.9. The van der Waals surface area contributed by atoms with Crippen LogP contribution in [0.5, 0.6) is 0 Å². The van der Waals surface area contributed by atoms with E-state index >= 15 is 0 Å². The van der Waals surface area contributed by atoms with Gasteiger partial charge in [0.1, 0.15) is 0 Å². The molecule has 0 aromatic heterocycles. The third-order valence-electron chi connectivity index (χ3n) is 20.0. The average Bonchev–Trinajstić information content (AvgIpc) is 0.755. The van der Waals surface area contributed by atoms with Crippen LogP contribution in [-0.2, 0) is 77.8 Å². The zero-order chi connectivity index (χ0) is 84.7. The van der Waals surface area contributed by atoms with Crippen molar-refractivity contribution >= 4 is 0 Å². The third-order valence-corrected chi connectivity index (χ3v) is 20.0. The Bertz CT molecular complexity index is 3890. The lowest BCUT2D eigenvalue weighted by molar-refractivity contribution is 0.410. The van der Waals surface area contributed by atoms with E-state index in [0.29, 0.717) is 5.41 Å². The molecular formula is C106H166. The van der Waals surface area contributed by atoms with Gasteiger partial charge in [-0.2, -0.15) is 0 Å². The van der Waals surface area contributed by atoms with Crippen molar-refractivity contribution in [1.29, 1.82) is 0 Å². The molecule has 0 spiro atoms. The molecule has 0 nitrogen and oxygen atoms in total. The van der Waals surface area contributed by atoms with Crippen molar-refractivity contribution in [2.45, 2.75) is 407 Å². The summed E-state index contributed by atoms with van der Waals surface area (Å²) in [6.45, 7) is 95.2. The van der Waals surface area contributed by atoms with Gasteiger partial charge in [0.05, 0.1) is 0 Å². The Morgan fingerprint density at radius 1 is 0.264 bits per heavy atom. The second-order valence-corrected chi connectivity index (χ2v) is 45.9. The molecule has 590 valence electrons. The Hall–Kier alpha value is -5.46. The fraction of sp³-hybridized carbons (Fsp3) is 0.604. The lowest BCUT2D eigenvalue weighted by Crippen LogP contribution is -2.29. The summed E-state index contributed by atoms with van der Waals surface area (Å²) in [7, 11) is 0. The molecule has 1 saturated carbocycles. The first-order chi connectivity index (χ1) is 48.6. The van der Waals surface area contributed by atoms with E-state index in [1.54, 1.807) is 5.56 Å². The Balaban J connectivity index is 0.000000340. The number of rotatable bonds is 4. The van der Waals surface area contributed by atoms with Crippen LogP contribution >= 0.6 is 0 Å². The molecule has 7 aromatic carbocycles. The van der Waals surface area contributed by atoms with Crippen molar-refractivity contribution in [2.75, 3.05) is 0 Å². The first kappa shape index (κ1) is 89.4. The molecule has 0 saturated heterocycles. The summed E-state index contributed by atoms with van der Waals surface area (Å²) in [4.78, 5) is 0. The molecule has 1 aliphatic rings. The van der Waals surface area contributed by atoms with Gasteiger partial charge in [0.2, 0.25) is 0 Å². The second-order valence-electron chi connectivity index (χ2n) is 45.9. The molecule has 0 unspecified atom stereocenters. The van der Waals surface area contributed by atoms with Gasteiger partial charge in [0.15, 0.2) is 0 Å². The first-order valence-electron chi connectivity index (χ1n) is 42.4. The molecule has 0 heterocycles. The van der Waals surface area contributed by atoms with Gasteiger partial charge in [-0.25, -0.2) is 0 Å². The molecule has 1 fully saturated rings. The molecule has 8 rings (SSSR count). The van der Waals surface area contributed by atoms with E-state index in [0.717, 1.165) is 24.8 Å². The summed E-state index contributed by atoms with van der Waals surface area (Å²) >= 11 is 0. The maximum Gasteiger partial charge on any atom is 0.0352 e. The molecule has 0 atom stereocenters. The van der Waals surface area contributed by atoms with Gasteiger partial charge in [0, 0.05) is 4.11 Å². The fourth-order valence-electron chi connectivity index (χ4n) is 13.9. The van der Waals surface area contributed by atoms with E-state index in [-0.39, 0.29) is 70.9 Å². The van der Waals surface area contributed by atoms with E-state index < -0.39 is 11.8 Å². The van der Waals surface area contributed by atoms with Crippen LogP contribution in [-0.4, -0.2) is 0 Å². The lowest BCUT2D eigenvalue weighted by atomic mass is 9.66. The maximum atomic E-state index is 8.59. The van der Waals surface area contributed by atoms with Crippen LogP contribution in [0.25, 0.3) is 11.1 Å². The van der Waals surface area contributed by atoms with Crippen molar-refractivity contribution < 1.29 is 4.11 Å². The standard InChI is InChI=1S/C22H38.C20H26.C18H30.C16H24.2C15H24/c1-19(2,3)15-13-16(20(4,5)6)18(22(10,11)12)17(14-15)21(7,8)9;1-19(2,3)17-14-10-13-16(18(17)20(4,5)6)15-11-8-7-9-12-15;1-16(2,3)13-10-11-14(17(4,5)6)15(12-13)18(7,8)9;1-16(2,3)15-11-9-14(10-12-15)13-7-5-4-6-8-13;2*1-14(2,3)11-12-7-9-13(10-8-12)15(4,5)6/h13-14H,1-12H3;7-14H,1-6H3;10-12H,1-9H3;9-13H,4-8H2,1-3H3;2*7-10H,11H2,1-6H3/i;;;13D;11D2;. The summed E-state index contributed by atoms with van der Waals surface area (Å²) in [5.41, 5.74) is 25.6. The smallest absolute Gasteiger partial charge is 0.0352 e. The highest BCUT2D eigenvalue weighted by Gasteiger charge is 2.35. The quantitative estimate of drug-likeness (QED) is 0.165. The third kappa shape index (κ3) is 31.1. The highest BCUT2D eigenvalue weighted by atomic mass is 14.4. The minimum atomic E-state index is -1.30. The van der Waals surface area contributed by atoms with E-state index in [4.69, 9.17) is 4.11 Å².